The third-order valence-corrected chi connectivity index (χ3v) is 4.91. The number of thiazole rings is 1. The first-order valence-corrected chi connectivity index (χ1v) is 8.00. The summed E-state index contributed by atoms with van der Waals surface area (Å²) in [4.78, 5) is 23.0. The predicted molar refractivity (Wildman–Crippen MR) is 87.6 cm³/mol. The zero-order chi connectivity index (χ0) is 16.5. The van der Waals surface area contributed by atoms with Crippen molar-refractivity contribution in [1.29, 1.82) is 0 Å². The van der Waals surface area contributed by atoms with E-state index in [1.807, 2.05) is 13.8 Å². The molecule has 118 valence electrons. The lowest BCUT2D eigenvalue weighted by Gasteiger charge is -2.25. The molecule has 1 aliphatic rings. The molecule has 1 aliphatic carbocycles. The van der Waals surface area contributed by atoms with Crippen molar-refractivity contribution in [2.75, 3.05) is 0 Å². The summed E-state index contributed by atoms with van der Waals surface area (Å²) < 4.78 is 1.85. The fourth-order valence-electron chi connectivity index (χ4n) is 2.25. The first-order chi connectivity index (χ1) is 10.2. The number of carbonyl (C=O) groups excluding carboxylic acids is 1. The molecule has 0 saturated carbocycles. The van der Waals surface area contributed by atoms with Gasteiger partial charge in [-0.1, -0.05) is 19.9 Å². The number of carboxylic acids is 1. The molecule has 1 aromatic rings. The average Bonchev–Trinajstić information content (AvgIpc) is 2.66. The topological polar surface area (TPSA) is 79.5 Å². The van der Waals surface area contributed by atoms with Crippen LogP contribution in [-0.2, 0) is 16.1 Å². The van der Waals surface area contributed by atoms with Gasteiger partial charge >= 0.3 is 5.97 Å². The molecule has 0 saturated heterocycles. The summed E-state index contributed by atoms with van der Waals surface area (Å²) in [6.45, 7) is 3.90. The van der Waals surface area contributed by atoms with E-state index in [1.165, 1.54) is 15.9 Å². The molecule has 1 heterocycles. The molecule has 0 atom stereocenters. The Morgan fingerprint density at radius 3 is 2.77 bits per heavy atom. The molecule has 0 aliphatic heterocycles. The summed E-state index contributed by atoms with van der Waals surface area (Å²) in [6, 6.07) is 0. The van der Waals surface area contributed by atoms with E-state index in [0.29, 0.717) is 15.3 Å². The maximum atomic E-state index is 11.8. The summed E-state index contributed by atoms with van der Waals surface area (Å²) in [5.74, 6) is -0.879. The highest BCUT2D eigenvalue weighted by Gasteiger charge is 2.29. The van der Waals surface area contributed by atoms with Gasteiger partial charge in [-0.3, -0.25) is 14.2 Å². The van der Waals surface area contributed by atoms with Gasteiger partial charge in [-0.05, 0) is 36.4 Å². The number of rotatable bonds is 4. The van der Waals surface area contributed by atoms with Gasteiger partial charge in [-0.25, -0.2) is 0 Å². The van der Waals surface area contributed by atoms with Crippen molar-refractivity contribution < 1.29 is 19.8 Å². The van der Waals surface area contributed by atoms with E-state index >= 15 is 0 Å². The van der Waals surface area contributed by atoms with E-state index in [2.05, 4.69) is 0 Å². The Balaban J connectivity index is 2.31. The normalized spacial score (nSPS) is 18.8. The van der Waals surface area contributed by atoms with Crippen LogP contribution in [-0.4, -0.2) is 26.5 Å². The fraction of sp³-hybridized carbons (Fsp3) is 0.400. The van der Waals surface area contributed by atoms with E-state index in [0.717, 1.165) is 5.57 Å². The monoisotopic (exact) mass is 339 g/mol. The Morgan fingerprint density at radius 1 is 1.50 bits per heavy atom. The van der Waals surface area contributed by atoms with E-state index in [9.17, 15) is 14.7 Å². The molecule has 0 aromatic carbocycles. The van der Waals surface area contributed by atoms with Crippen LogP contribution in [0, 0.1) is 9.37 Å². The molecule has 0 fully saturated rings. The van der Waals surface area contributed by atoms with Crippen LogP contribution >= 0.6 is 23.6 Å². The van der Waals surface area contributed by atoms with Gasteiger partial charge in [-0.15, -0.1) is 11.3 Å². The number of hydrogen-bond donors (Lipinski definition) is 2. The highest BCUT2D eigenvalue weighted by Crippen LogP contribution is 2.35. The zero-order valence-corrected chi connectivity index (χ0v) is 14.0. The number of aromatic hydroxyl groups is 1. The average molecular weight is 339 g/mol. The molecular weight excluding hydrogens is 322 g/mol. The van der Waals surface area contributed by atoms with Crippen molar-refractivity contribution in [2.24, 2.45) is 5.41 Å². The summed E-state index contributed by atoms with van der Waals surface area (Å²) in [5, 5.41) is 18.9. The third-order valence-electron chi connectivity index (χ3n) is 3.52. The number of ketones is 1. The molecule has 2 N–H and O–H groups in total. The number of nitrogens with zero attached hydrogens (tertiary/aromatic N) is 1. The minimum Gasteiger partial charge on any atom is -0.493 e. The summed E-state index contributed by atoms with van der Waals surface area (Å²) in [7, 11) is 0. The first-order valence-electron chi connectivity index (χ1n) is 6.78. The first kappa shape index (κ1) is 16.6. The van der Waals surface area contributed by atoms with Gasteiger partial charge in [0.05, 0.1) is 11.3 Å². The molecule has 0 unspecified atom stereocenters. The molecular formula is C15H17NO4S2. The van der Waals surface area contributed by atoms with Crippen molar-refractivity contribution in [2.45, 2.75) is 33.2 Å². The Bertz CT molecular complexity index is 737. The molecule has 22 heavy (non-hydrogen) atoms. The summed E-state index contributed by atoms with van der Waals surface area (Å²) >= 11 is 6.40. The smallest absolute Gasteiger partial charge is 0.305 e. The Morgan fingerprint density at radius 2 is 2.18 bits per heavy atom. The lowest BCUT2D eigenvalue weighted by Crippen LogP contribution is -2.25. The molecule has 0 amide bonds. The van der Waals surface area contributed by atoms with Gasteiger partial charge in [0, 0.05) is 12.0 Å². The number of aliphatic carboxylic acids is 1. The number of aromatic nitrogens is 1. The molecule has 0 bridgehead atoms. The molecule has 0 radical (unpaired) electrons. The molecule has 2 rings (SSSR count). The largest absolute Gasteiger partial charge is 0.493 e. The standard InChI is InChI=1S/C15H17NO4S2/c1-15(2)8-9(3-4-11(15)17)7-10-13(20)16(14(21)22-10)6-5-12(18)19/h3-4,7,20H,5-6,8H2,1-2H3,(H,18,19). The van der Waals surface area contributed by atoms with E-state index < -0.39 is 11.4 Å². The van der Waals surface area contributed by atoms with E-state index in [-0.39, 0.29) is 24.6 Å². The van der Waals surface area contributed by atoms with Gasteiger partial charge in [0.25, 0.3) is 0 Å². The minimum atomic E-state index is -0.942. The van der Waals surface area contributed by atoms with Crippen molar-refractivity contribution >= 4 is 41.4 Å². The lowest BCUT2D eigenvalue weighted by atomic mass is 9.77. The fourth-order valence-corrected chi connectivity index (χ4v) is 3.58. The van der Waals surface area contributed by atoms with Gasteiger partial charge in [0.1, 0.15) is 0 Å². The molecule has 0 spiro atoms. The predicted octanol–water partition coefficient (Wildman–Crippen LogP) is 3.40. The van der Waals surface area contributed by atoms with Gasteiger partial charge in [-0.2, -0.15) is 0 Å². The van der Waals surface area contributed by atoms with Crippen LogP contribution in [0.4, 0.5) is 0 Å². The number of carbonyl (C=O) groups is 2. The lowest BCUT2D eigenvalue weighted by molar-refractivity contribution is -0.137. The Hall–Kier alpha value is -1.73. The second kappa shape index (κ2) is 6.18. The van der Waals surface area contributed by atoms with Gasteiger partial charge in [0.2, 0.25) is 5.88 Å². The SMILES string of the molecule is CC1(C)CC(=Cc2sc(=S)n(CCC(=O)O)c2O)C=CC1=O. The quantitative estimate of drug-likeness (QED) is 0.822. The van der Waals surface area contributed by atoms with Gasteiger partial charge < -0.3 is 10.2 Å². The van der Waals surface area contributed by atoms with Crippen molar-refractivity contribution in [1.82, 2.24) is 4.57 Å². The molecule has 5 nitrogen and oxygen atoms in total. The van der Waals surface area contributed by atoms with Crippen LogP contribution in [0.2, 0.25) is 0 Å². The molecule has 1 aromatic heterocycles. The second-order valence-corrected chi connectivity index (χ2v) is 7.50. The third kappa shape index (κ3) is 3.53. The number of hydrogen-bond acceptors (Lipinski definition) is 5. The van der Waals surface area contributed by atoms with Crippen molar-refractivity contribution in [3.63, 3.8) is 0 Å². The highest BCUT2D eigenvalue weighted by atomic mass is 32.1. The van der Waals surface area contributed by atoms with E-state index in [4.69, 9.17) is 17.3 Å². The van der Waals surface area contributed by atoms with Crippen LogP contribution in [0.3, 0.4) is 0 Å². The summed E-state index contributed by atoms with van der Waals surface area (Å²) in [6.07, 6.45) is 5.58. The van der Waals surface area contributed by atoms with Crippen molar-refractivity contribution in [3.8, 4) is 5.88 Å². The van der Waals surface area contributed by atoms with Crippen LogP contribution in [0.1, 0.15) is 31.6 Å². The number of allylic oxidation sites excluding steroid dienone is 3. The second-order valence-electron chi connectivity index (χ2n) is 5.83. The Kier molecular flexibility index (Phi) is 4.67. The maximum absolute atomic E-state index is 11.8. The minimum absolute atomic E-state index is 0.0214. The summed E-state index contributed by atoms with van der Waals surface area (Å²) in [5.41, 5.74) is 0.477. The van der Waals surface area contributed by atoms with Crippen LogP contribution in [0.25, 0.3) is 6.08 Å². The zero-order valence-electron chi connectivity index (χ0n) is 12.3. The molecule has 7 heteroatoms. The maximum Gasteiger partial charge on any atom is 0.305 e. The van der Waals surface area contributed by atoms with Gasteiger partial charge in [0.15, 0.2) is 9.74 Å². The Labute approximate surface area is 137 Å². The van der Waals surface area contributed by atoms with Crippen LogP contribution < -0.4 is 0 Å². The van der Waals surface area contributed by atoms with Crippen LogP contribution in [0.15, 0.2) is 17.7 Å². The van der Waals surface area contributed by atoms with E-state index in [1.54, 1.807) is 18.2 Å². The highest BCUT2D eigenvalue weighted by molar-refractivity contribution is 7.73. The number of carboxylic acid groups (broad SMARTS) is 1. The van der Waals surface area contributed by atoms with Crippen LogP contribution in [0.5, 0.6) is 5.88 Å². The van der Waals surface area contributed by atoms with Crippen molar-refractivity contribution in [3.05, 3.63) is 26.6 Å².